The molecule has 3 aromatic heterocycles. The van der Waals surface area contributed by atoms with Gasteiger partial charge in [-0.15, -0.1) is 0 Å². The summed E-state index contributed by atoms with van der Waals surface area (Å²) in [6.07, 6.45) is -7.64. The topological polar surface area (TPSA) is 122 Å². The van der Waals surface area contributed by atoms with Crippen LogP contribution in [-0.2, 0) is 12.4 Å². The number of aliphatic hydroxyl groups excluding tert-OH is 1. The Labute approximate surface area is 188 Å². The third-order valence-corrected chi connectivity index (χ3v) is 4.24. The Balaban J connectivity index is 2.02. The quantitative estimate of drug-likeness (QED) is 0.425. The van der Waals surface area contributed by atoms with E-state index in [4.69, 9.17) is 0 Å². The molecular weight excluding hydrogens is 470 g/mol. The first-order chi connectivity index (χ1) is 15.8. The minimum atomic E-state index is -4.75. The van der Waals surface area contributed by atoms with Crippen molar-refractivity contribution in [2.75, 3.05) is 23.8 Å². The van der Waals surface area contributed by atoms with Crippen molar-refractivity contribution >= 4 is 17.6 Å². The lowest BCUT2D eigenvalue weighted by atomic mass is 9.95. The summed E-state index contributed by atoms with van der Waals surface area (Å²) in [6, 6.07) is 2.61. The molecule has 0 fully saturated rings. The molecule has 0 aromatic carbocycles. The Kier molecular flexibility index (Phi) is 6.86. The summed E-state index contributed by atoms with van der Waals surface area (Å²) in [4.78, 5) is 22.5. The number of nitrogens with zero attached hydrogens (tertiary/aromatic N) is 6. The molecule has 0 atom stereocenters. The van der Waals surface area contributed by atoms with Gasteiger partial charge in [-0.2, -0.15) is 41.3 Å². The smallest absolute Gasteiger partial charge is 0.396 e. The monoisotopic (exact) mass is 488 g/mol. The first-order valence-corrected chi connectivity index (χ1v) is 9.58. The van der Waals surface area contributed by atoms with E-state index in [9.17, 15) is 31.4 Å². The molecule has 3 rings (SSSR count). The van der Waals surface area contributed by atoms with E-state index in [2.05, 4.69) is 40.5 Å². The molecule has 0 radical (unpaired) electrons. The standard InChI is InChI=1S/C19H18F6N8O/c1-17(2,9-34)8-28-15-31-14(13-27-6-4-11(30-13)18(20,21)22)32-16(33-15)29-10-3-5-26-12(7-10)19(23,24)25/h3-7,34H,8-9H2,1-2H3,(H2,26,28,29,31,32,33). The molecular formula is C19H18F6N8O. The highest BCUT2D eigenvalue weighted by molar-refractivity contribution is 5.57. The molecule has 3 aromatic rings. The van der Waals surface area contributed by atoms with Gasteiger partial charge in [0.1, 0.15) is 11.4 Å². The van der Waals surface area contributed by atoms with Crippen molar-refractivity contribution in [1.29, 1.82) is 0 Å². The van der Waals surface area contributed by atoms with Crippen LogP contribution < -0.4 is 10.6 Å². The van der Waals surface area contributed by atoms with Crippen LogP contribution in [0.1, 0.15) is 25.2 Å². The maximum absolute atomic E-state index is 13.1. The zero-order valence-corrected chi connectivity index (χ0v) is 17.7. The number of aliphatic hydroxyl groups is 1. The van der Waals surface area contributed by atoms with Crippen LogP contribution in [0.3, 0.4) is 0 Å². The molecule has 9 nitrogen and oxygen atoms in total. The van der Waals surface area contributed by atoms with E-state index in [0.717, 1.165) is 12.4 Å². The summed E-state index contributed by atoms with van der Waals surface area (Å²) in [7, 11) is 0. The number of hydrogen-bond donors (Lipinski definition) is 3. The number of hydrogen-bond acceptors (Lipinski definition) is 9. The van der Waals surface area contributed by atoms with Crippen molar-refractivity contribution in [3.63, 3.8) is 0 Å². The van der Waals surface area contributed by atoms with Gasteiger partial charge in [0.2, 0.25) is 17.7 Å². The predicted octanol–water partition coefficient (Wildman–Crippen LogP) is 3.94. The summed E-state index contributed by atoms with van der Waals surface area (Å²) in [5.74, 6) is -1.25. The molecule has 0 unspecified atom stereocenters. The van der Waals surface area contributed by atoms with E-state index in [1.807, 2.05) is 0 Å². The minimum Gasteiger partial charge on any atom is -0.396 e. The van der Waals surface area contributed by atoms with Gasteiger partial charge >= 0.3 is 12.4 Å². The first kappa shape index (κ1) is 25.0. The predicted molar refractivity (Wildman–Crippen MR) is 108 cm³/mol. The number of alkyl halides is 6. The SMILES string of the molecule is CC(C)(CO)CNc1nc(Nc2ccnc(C(F)(F)F)c2)nc(-c2nccc(C(F)(F)F)n2)n1. The molecule has 3 heterocycles. The molecule has 182 valence electrons. The van der Waals surface area contributed by atoms with E-state index in [-0.39, 0.29) is 36.6 Å². The van der Waals surface area contributed by atoms with Crippen molar-refractivity contribution in [3.8, 4) is 11.6 Å². The van der Waals surface area contributed by atoms with Gasteiger partial charge < -0.3 is 15.7 Å². The van der Waals surface area contributed by atoms with Crippen molar-refractivity contribution in [2.45, 2.75) is 26.2 Å². The average Bonchev–Trinajstić information content (AvgIpc) is 2.77. The van der Waals surface area contributed by atoms with Crippen molar-refractivity contribution in [2.24, 2.45) is 5.41 Å². The van der Waals surface area contributed by atoms with Gasteiger partial charge in [-0.05, 0) is 18.2 Å². The van der Waals surface area contributed by atoms with Gasteiger partial charge in [-0.3, -0.25) is 4.98 Å². The van der Waals surface area contributed by atoms with Crippen LogP contribution in [0, 0.1) is 5.41 Å². The van der Waals surface area contributed by atoms with Gasteiger partial charge in [0, 0.05) is 36.6 Å². The van der Waals surface area contributed by atoms with E-state index in [0.29, 0.717) is 12.1 Å². The van der Waals surface area contributed by atoms with Gasteiger partial charge in [0.25, 0.3) is 0 Å². The van der Waals surface area contributed by atoms with Crippen molar-refractivity contribution < 1.29 is 31.4 Å². The number of nitrogens with one attached hydrogen (secondary N) is 2. The van der Waals surface area contributed by atoms with Crippen molar-refractivity contribution in [1.82, 2.24) is 29.9 Å². The van der Waals surface area contributed by atoms with Gasteiger partial charge in [0.15, 0.2) is 5.82 Å². The van der Waals surface area contributed by atoms with Crippen LogP contribution in [-0.4, -0.2) is 48.2 Å². The second kappa shape index (κ2) is 9.32. The first-order valence-electron chi connectivity index (χ1n) is 9.58. The Morgan fingerprint density at radius 3 is 2.09 bits per heavy atom. The number of aromatic nitrogens is 6. The van der Waals surface area contributed by atoms with Crippen molar-refractivity contribution in [3.05, 3.63) is 42.0 Å². The molecule has 0 bridgehead atoms. The Morgan fingerprint density at radius 1 is 0.794 bits per heavy atom. The van der Waals surface area contributed by atoms with Crippen LogP contribution in [0.5, 0.6) is 0 Å². The molecule has 0 saturated carbocycles. The summed E-state index contributed by atoms with van der Waals surface area (Å²) >= 11 is 0. The number of anilines is 3. The summed E-state index contributed by atoms with van der Waals surface area (Å²) in [5, 5.41) is 14.8. The maximum Gasteiger partial charge on any atom is 0.433 e. The lowest BCUT2D eigenvalue weighted by Crippen LogP contribution is -2.27. The second-order valence-electron chi connectivity index (χ2n) is 7.80. The highest BCUT2D eigenvalue weighted by atomic mass is 19.4. The van der Waals surface area contributed by atoms with Gasteiger partial charge in [-0.1, -0.05) is 13.8 Å². The number of halogens is 6. The van der Waals surface area contributed by atoms with E-state index < -0.39 is 35.0 Å². The largest absolute Gasteiger partial charge is 0.433 e. The Bertz CT molecular complexity index is 1150. The Morgan fingerprint density at radius 2 is 1.44 bits per heavy atom. The highest BCUT2D eigenvalue weighted by Crippen LogP contribution is 2.30. The van der Waals surface area contributed by atoms with Crippen LogP contribution in [0.15, 0.2) is 30.6 Å². The van der Waals surface area contributed by atoms with Crippen LogP contribution in [0.25, 0.3) is 11.6 Å². The summed E-state index contributed by atoms with van der Waals surface area (Å²) in [6.45, 7) is 3.42. The summed E-state index contributed by atoms with van der Waals surface area (Å²) in [5.41, 5.74) is -3.09. The third-order valence-electron chi connectivity index (χ3n) is 4.24. The van der Waals surface area contributed by atoms with Gasteiger partial charge in [0.05, 0.1) is 0 Å². The molecule has 0 amide bonds. The maximum atomic E-state index is 13.1. The minimum absolute atomic E-state index is 0.0777. The zero-order chi connectivity index (χ0) is 25.1. The second-order valence-corrected chi connectivity index (χ2v) is 7.80. The average molecular weight is 488 g/mol. The third kappa shape index (κ3) is 6.46. The molecule has 3 N–H and O–H groups in total. The van der Waals surface area contributed by atoms with Crippen LogP contribution in [0.2, 0.25) is 0 Å². The molecule has 0 aliphatic rings. The van der Waals surface area contributed by atoms with Crippen LogP contribution >= 0.6 is 0 Å². The number of rotatable bonds is 7. The normalized spacial score (nSPS) is 12.5. The van der Waals surface area contributed by atoms with E-state index >= 15 is 0 Å². The fourth-order valence-corrected chi connectivity index (χ4v) is 2.40. The number of pyridine rings is 1. The van der Waals surface area contributed by atoms with Crippen LogP contribution in [0.4, 0.5) is 43.9 Å². The molecule has 0 saturated heterocycles. The molecule has 15 heteroatoms. The van der Waals surface area contributed by atoms with E-state index in [1.165, 1.54) is 6.07 Å². The van der Waals surface area contributed by atoms with Gasteiger partial charge in [-0.25, -0.2) is 9.97 Å². The molecule has 34 heavy (non-hydrogen) atoms. The lowest BCUT2D eigenvalue weighted by Gasteiger charge is -2.22. The highest BCUT2D eigenvalue weighted by Gasteiger charge is 2.34. The lowest BCUT2D eigenvalue weighted by molar-refractivity contribution is -0.141. The van der Waals surface area contributed by atoms with E-state index in [1.54, 1.807) is 13.8 Å². The summed E-state index contributed by atoms with van der Waals surface area (Å²) < 4.78 is 78.1. The zero-order valence-electron chi connectivity index (χ0n) is 17.7. The fourth-order valence-electron chi connectivity index (χ4n) is 2.40. The molecule has 0 aliphatic heterocycles. The Hall–Kier alpha value is -3.62. The molecule has 0 aliphatic carbocycles. The fraction of sp³-hybridized carbons (Fsp3) is 0.368. The molecule has 0 spiro atoms.